The lowest BCUT2D eigenvalue weighted by atomic mass is 9.66. The summed E-state index contributed by atoms with van der Waals surface area (Å²) in [6.45, 7) is 15.3. The third-order valence-corrected chi connectivity index (χ3v) is 8.93. The Kier molecular flexibility index (Phi) is 8.15. The van der Waals surface area contributed by atoms with E-state index in [0.717, 1.165) is 18.8 Å². The van der Waals surface area contributed by atoms with Crippen molar-refractivity contribution in [2.75, 3.05) is 36.0 Å². The predicted octanol–water partition coefficient (Wildman–Crippen LogP) is 3.31. The molecule has 1 aromatic carbocycles. The number of aliphatic hydroxyl groups excluding tert-OH is 1. The molecular formula is C30H43N3O6. The molecule has 214 valence electrons. The Balaban J connectivity index is 1.81. The van der Waals surface area contributed by atoms with Crippen molar-refractivity contribution in [3.8, 4) is 0 Å². The van der Waals surface area contributed by atoms with Crippen molar-refractivity contribution in [2.45, 2.75) is 77.2 Å². The van der Waals surface area contributed by atoms with Gasteiger partial charge < -0.3 is 29.6 Å². The minimum atomic E-state index is -1.27. The number of rotatable bonds is 12. The van der Waals surface area contributed by atoms with Crippen LogP contribution in [0.25, 0.3) is 0 Å². The SMILES string of the molecule is C=CCN(C(=O)C1N([C@@H](CO)CC(C)C)C(=O)[C@@H]2[C@@H](C(=O)O)[C@@]3(C)CCC12O3)c1ccc(N(CC)CC)cc1. The van der Waals surface area contributed by atoms with Crippen LogP contribution in [0.5, 0.6) is 0 Å². The van der Waals surface area contributed by atoms with Crippen LogP contribution in [-0.2, 0) is 19.1 Å². The summed E-state index contributed by atoms with van der Waals surface area (Å²) in [5.41, 5.74) is -0.603. The van der Waals surface area contributed by atoms with Gasteiger partial charge in [-0.2, -0.15) is 0 Å². The topological polar surface area (TPSA) is 111 Å². The average molecular weight is 542 g/mol. The molecule has 2 bridgehead atoms. The summed E-state index contributed by atoms with van der Waals surface area (Å²) in [4.78, 5) is 46.4. The molecule has 3 aliphatic heterocycles. The number of nitrogens with zero attached hydrogens (tertiary/aromatic N) is 3. The fourth-order valence-electron chi connectivity index (χ4n) is 7.26. The molecule has 3 saturated heterocycles. The van der Waals surface area contributed by atoms with Gasteiger partial charge in [-0.3, -0.25) is 14.4 Å². The van der Waals surface area contributed by atoms with E-state index in [9.17, 15) is 24.6 Å². The Morgan fingerprint density at radius 2 is 1.79 bits per heavy atom. The number of likely N-dealkylation sites (tertiary alicyclic amines) is 1. The van der Waals surface area contributed by atoms with E-state index < -0.39 is 47.0 Å². The Hall–Kier alpha value is -2.91. The fraction of sp³-hybridized carbons (Fsp3) is 0.633. The van der Waals surface area contributed by atoms with E-state index in [2.05, 4.69) is 25.3 Å². The molecule has 1 aromatic rings. The summed E-state index contributed by atoms with van der Waals surface area (Å²) in [5.74, 6) is -3.76. The molecule has 9 heteroatoms. The molecule has 9 nitrogen and oxygen atoms in total. The summed E-state index contributed by atoms with van der Waals surface area (Å²) >= 11 is 0. The normalized spacial score (nSPS) is 30.0. The molecule has 3 aliphatic rings. The summed E-state index contributed by atoms with van der Waals surface area (Å²) in [5, 5.41) is 20.6. The molecule has 3 heterocycles. The lowest BCUT2D eigenvalue weighted by Gasteiger charge is -2.40. The number of aliphatic carboxylic acids is 1. The lowest BCUT2D eigenvalue weighted by molar-refractivity contribution is -0.156. The first-order chi connectivity index (χ1) is 18.5. The molecule has 39 heavy (non-hydrogen) atoms. The number of carboxylic acids is 1. The van der Waals surface area contributed by atoms with Gasteiger partial charge in [0, 0.05) is 31.0 Å². The van der Waals surface area contributed by atoms with Crippen molar-refractivity contribution in [3.63, 3.8) is 0 Å². The summed E-state index contributed by atoms with van der Waals surface area (Å²) in [7, 11) is 0. The van der Waals surface area contributed by atoms with Crippen molar-refractivity contribution in [2.24, 2.45) is 17.8 Å². The van der Waals surface area contributed by atoms with Crippen molar-refractivity contribution in [3.05, 3.63) is 36.9 Å². The molecule has 2 amide bonds. The molecule has 0 saturated carbocycles. The number of aliphatic hydroxyl groups is 1. The highest BCUT2D eigenvalue weighted by Crippen LogP contribution is 2.63. The van der Waals surface area contributed by atoms with Crippen LogP contribution in [0.4, 0.5) is 11.4 Å². The molecule has 1 spiro atoms. The van der Waals surface area contributed by atoms with Crippen LogP contribution in [0.2, 0.25) is 0 Å². The number of benzene rings is 1. The van der Waals surface area contributed by atoms with Gasteiger partial charge in [0.05, 0.1) is 30.1 Å². The number of carbonyl (C=O) groups excluding carboxylic acids is 2. The van der Waals surface area contributed by atoms with Crippen LogP contribution < -0.4 is 9.80 Å². The molecule has 0 aliphatic carbocycles. The molecule has 0 aromatic heterocycles. The van der Waals surface area contributed by atoms with E-state index in [1.165, 1.54) is 4.90 Å². The molecule has 3 fully saturated rings. The van der Waals surface area contributed by atoms with Gasteiger partial charge >= 0.3 is 5.97 Å². The highest BCUT2D eigenvalue weighted by molar-refractivity contribution is 6.05. The molecule has 2 unspecified atom stereocenters. The smallest absolute Gasteiger partial charge is 0.310 e. The highest BCUT2D eigenvalue weighted by Gasteiger charge is 2.78. The van der Waals surface area contributed by atoms with Gasteiger partial charge in [-0.1, -0.05) is 19.9 Å². The third-order valence-electron chi connectivity index (χ3n) is 8.93. The van der Waals surface area contributed by atoms with Crippen LogP contribution in [0.1, 0.15) is 53.9 Å². The van der Waals surface area contributed by atoms with Crippen molar-refractivity contribution in [1.82, 2.24) is 4.90 Å². The van der Waals surface area contributed by atoms with Gasteiger partial charge in [0.1, 0.15) is 11.6 Å². The molecule has 2 N–H and O–H groups in total. The van der Waals surface area contributed by atoms with E-state index in [1.807, 2.05) is 38.1 Å². The van der Waals surface area contributed by atoms with Crippen molar-refractivity contribution >= 4 is 29.2 Å². The minimum Gasteiger partial charge on any atom is -0.481 e. The number of carbonyl (C=O) groups is 3. The second-order valence-corrected chi connectivity index (χ2v) is 11.7. The van der Waals surface area contributed by atoms with Gasteiger partial charge in [-0.05, 0) is 70.2 Å². The minimum absolute atomic E-state index is 0.144. The van der Waals surface area contributed by atoms with Gasteiger partial charge in [0.2, 0.25) is 5.91 Å². The molecule has 0 radical (unpaired) electrons. The van der Waals surface area contributed by atoms with Gasteiger partial charge in [0.15, 0.2) is 0 Å². The van der Waals surface area contributed by atoms with E-state index >= 15 is 0 Å². The first kappa shape index (κ1) is 29.1. The number of ether oxygens (including phenoxy) is 1. The molecule has 4 rings (SSSR count). The van der Waals surface area contributed by atoms with E-state index in [0.29, 0.717) is 24.9 Å². The van der Waals surface area contributed by atoms with Crippen molar-refractivity contribution in [1.29, 1.82) is 0 Å². The van der Waals surface area contributed by atoms with Crippen LogP contribution >= 0.6 is 0 Å². The maximum Gasteiger partial charge on any atom is 0.310 e. The van der Waals surface area contributed by atoms with Gasteiger partial charge in [-0.25, -0.2) is 0 Å². The predicted molar refractivity (Wildman–Crippen MR) is 150 cm³/mol. The maximum atomic E-state index is 14.6. The number of amides is 2. The summed E-state index contributed by atoms with van der Waals surface area (Å²) in [6.07, 6.45) is 2.96. The Bertz CT molecular complexity index is 1100. The number of hydrogen-bond donors (Lipinski definition) is 2. The highest BCUT2D eigenvalue weighted by atomic mass is 16.5. The summed E-state index contributed by atoms with van der Waals surface area (Å²) < 4.78 is 6.52. The van der Waals surface area contributed by atoms with Crippen LogP contribution in [0.3, 0.4) is 0 Å². The maximum absolute atomic E-state index is 14.6. The van der Waals surface area contributed by atoms with Crippen LogP contribution in [0, 0.1) is 17.8 Å². The molecular weight excluding hydrogens is 498 g/mol. The van der Waals surface area contributed by atoms with Crippen LogP contribution in [-0.4, -0.2) is 82.4 Å². The monoisotopic (exact) mass is 541 g/mol. The lowest BCUT2D eigenvalue weighted by Crippen LogP contribution is -2.59. The average Bonchev–Trinajstić information content (AvgIpc) is 3.47. The first-order valence-electron chi connectivity index (χ1n) is 14.1. The van der Waals surface area contributed by atoms with Gasteiger partial charge in [0.25, 0.3) is 5.91 Å². The largest absolute Gasteiger partial charge is 0.481 e. The summed E-state index contributed by atoms with van der Waals surface area (Å²) in [6, 6.07) is 6.03. The first-order valence-corrected chi connectivity index (χ1v) is 14.1. The Labute approximate surface area is 231 Å². The number of hydrogen-bond acceptors (Lipinski definition) is 6. The van der Waals surface area contributed by atoms with Gasteiger partial charge in [-0.15, -0.1) is 6.58 Å². The third kappa shape index (κ3) is 4.63. The Morgan fingerprint density at radius 1 is 1.18 bits per heavy atom. The standard InChI is InChI=1S/C30H43N3O6/c1-7-16-32(21-12-10-20(11-13-21)31(8-2)9-3)27(36)25-30-15-14-29(6,39-30)24(28(37)38)23(30)26(35)33(25)22(18-34)17-19(4)5/h7,10-13,19,22-25,34H,1,8-9,14-18H2,2-6H3,(H,37,38)/t22-,23+,24+,25?,29-,30?/m1/s1. The second kappa shape index (κ2) is 10.9. The van der Waals surface area contributed by atoms with E-state index in [4.69, 9.17) is 4.74 Å². The zero-order valence-electron chi connectivity index (χ0n) is 23.8. The second-order valence-electron chi connectivity index (χ2n) is 11.7. The molecule has 6 atom stereocenters. The zero-order chi connectivity index (χ0) is 28.7. The Morgan fingerprint density at radius 3 is 2.31 bits per heavy atom. The van der Waals surface area contributed by atoms with Crippen LogP contribution in [0.15, 0.2) is 36.9 Å². The number of anilines is 2. The zero-order valence-corrected chi connectivity index (χ0v) is 23.8. The number of fused-ring (bicyclic) bond motifs is 1. The fourth-order valence-corrected chi connectivity index (χ4v) is 7.26. The number of carboxylic acid groups (broad SMARTS) is 1. The quantitative estimate of drug-likeness (QED) is 0.391. The van der Waals surface area contributed by atoms with E-state index in [-0.39, 0.29) is 25.0 Å². The van der Waals surface area contributed by atoms with Crippen molar-refractivity contribution < 1.29 is 29.3 Å². The van der Waals surface area contributed by atoms with E-state index in [1.54, 1.807) is 17.9 Å².